The second kappa shape index (κ2) is 7.83. The van der Waals surface area contributed by atoms with Gasteiger partial charge in [-0.1, -0.05) is 48.6 Å². The molecular weight excluding hydrogens is 354 g/mol. The van der Waals surface area contributed by atoms with E-state index in [1.807, 2.05) is 0 Å². The number of isothiocyanates is 1. The summed E-state index contributed by atoms with van der Waals surface area (Å²) in [7, 11) is 0. The largest absolute Gasteiger partial charge is 0.433 e. The van der Waals surface area contributed by atoms with Gasteiger partial charge < -0.3 is 4.74 Å². The maximum atomic E-state index is 10.5. The van der Waals surface area contributed by atoms with Gasteiger partial charge >= 0.3 is 5.97 Å². The fraction of sp³-hybridized carbons (Fsp3) is 0.217. The van der Waals surface area contributed by atoms with Crippen molar-refractivity contribution in [1.82, 2.24) is 0 Å². The number of aliphatic imine (C=N–C) groups is 1. The van der Waals surface area contributed by atoms with Crippen LogP contribution in [-0.4, -0.2) is 17.2 Å². The number of hydrogen-bond donors (Lipinski definition) is 0. The number of carbonyl (C=O) groups excluding carboxylic acids is 1. The van der Waals surface area contributed by atoms with Crippen LogP contribution in [0.25, 0.3) is 12.2 Å². The highest BCUT2D eigenvalue weighted by atomic mass is 32.1. The number of hydrogen-bond acceptors (Lipinski definition) is 4. The van der Waals surface area contributed by atoms with Crippen molar-refractivity contribution in [1.29, 1.82) is 0 Å². The van der Waals surface area contributed by atoms with E-state index >= 15 is 0 Å². The van der Waals surface area contributed by atoms with Crippen LogP contribution >= 0.6 is 12.2 Å². The van der Waals surface area contributed by atoms with Crippen LogP contribution in [0.2, 0.25) is 0 Å². The zero-order valence-electron chi connectivity index (χ0n) is 14.9. The first-order valence-electron chi connectivity index (χ1n) is 9.12. The minimum atomic E-state index is -0.553. The Labute approximate surface area is 162 Å². The summed E-state index contributed by atoms with van der Waals surface area (Å²) in [6.07, 6.45) is 12.5. The molecule has 1 heterocycles. The highest BCUT2D eigenvalue weighted by Crippen LogP contribution is 2.17. The zero-order chi connectivity index (χ0) is 18.6. The number of benzene rings is 2. The van der Waals surface area contributed by atoms with Crippen LogP contribution in [0.5, 0.6) is 0 Å². The fourth-order valence-electron chi connectivity index (χ4n) is 3.83. The lowest BCUT2D eigenvalue weighted by Gasteiger charge is -2.16. The average Bonchev–Trinajstić information content (AvgIpc) is 3.13. The van der Waals surface area contributed by atoms with Crippen LogP contribution in [0.1, 0.15) is 24.0 Å². The number of ether oxygens (including phenoxy) is 1. The van der Waals surface area contributed by atoms with E-state index in [0.717, 1.165) is 6.42 Å². The normalized spacial score (nSPS) is 18.2. The number of rotatable bonds is 1. The zero-order valence-corrected chi connectivity index (χ0v) is 15.7. The second-order valence-corrected chi connectivity index (χ2v) is 6.86. The third kappa shape index (κ3) is 3.55. The molecule has 134 valence electrons. The van der Waals surface area contributed by atoms with E-state index in [0.29, 0.717) is 0 Å². The Morgan fingerprint density at radius 1 is 1.04 bits per heavy atom. The van der Waals surface area contributed by atoms with Gasteiger partial charge in [-0.25, -0.2) is 9.79 Å². The smallest absolute Gasteiger partial charge is 0.340 e. The van der Waals surface area contributed by atoms with E-state index in [1.165, 1.54) is 52.5 Å². The molecule has 0 fully saturated rings. The lowest BCUT2D eigenvalue weighted by molar-refractivity contribution is -0.136. The molecule has 3 aliphatic rings. The Hall–Kier alpha value is -2.81. The molecule has 0 saturated heterocycles. The molecule has 1 unspecified atom stereocenters. The molecule has 2 aromatic rings. The minimum Gasteiger partial charge on any atom is -0.433 e. The van der Waals surface area contributed by atoms with Crippen molar-refractivity contribution in [3.05, 3.63) is 80.7 Å². The molecule has 0 spiro atoms. The first-order valence-corrected chi connectivity index (χ1v) is 9.53. The van der Waals surface area contributed by atoms with Crippen molar-refractivity contribution >= 4 is 35.5 Å². The van der Waals surface area contributed by atoms with Gasteiger partial charge in [-0.15, -0.1) is 0 Å². The highest BCUT2D eigenvalue weighted by molar-refractivity contribution is 7.78. The SMILES string of the molecule is C1=c2ccc3c(c2CCC1)CC=c1ccccc1=3.O=C1OC=CC1N=C=S. The van der Waals surface area contributed by atoms with E-state index in [1.54, 1.807) is 11.1 Å². The van der Waals surface area contributed by atoms with Crippen LogP contribution in [0.3, 0.4) is 0 Å². The molecule has 0 amide bonds. The van der Waals surface area contributed by atoms with Gasteiger partial charge in [-0.2, -0.15) is 0 Å². The van der Waals surface area contributed by atoms with Gasteiger partial charge in [0, 0.05) is 0 Å². The van der Waals surface area contributed by atoms with Crippen LogP contribution in [0.4, 0.5) is 0 Å². The second-order valence-electron chi connectivity index (χ2n) is 6.68. The lowest BCUT2D eigenvalue weighted by atomic mass is 9.89. The first kappa shape index (κ1) is 17.6. The summed E-state index contributed by atoms with van der Waals surface area (Å²) in [4.78, 5) is 14.0. The van der Waals surface area contributed by atoms with Crippen LogP contribution < -0.4 is 10.4 Å². The van der Waals surface area contributed by atoms with Crippen molar-refractivity contribution in [3.63, 3.8) is 0 Å². The number of fused-ring (bicyclic) bond motifs is 4. The van der Waals surface area contributed by atoms with Crippen LogP contribution in [-0.2, 0) is 22.4 Å². The van der Waals surface area contributed by atoms with Gasteiger partial charge in [0.2, 0.25) is 0 Å². The summed E-state index contributed by atoms with van der Waals surface area (Å²) in [5.74, 6) is -0.396. The lowest BCUT2D eigenvalue weighted by Crippen LogP contribution is -2.19. The van der Waals surface area contributed by atoms with E-state index in [4.69, 9.17) is 0 Å². The van der Waals surface area contributed by atoms with E-state index in [2.05, 4.69) is 75.7 Å². The fourth-order valence-corrected chi connectivity index (χ4v) is 3.95. The topological polar surface area (TPSA) is 38.7 Å². The van der Waals surface area contributed by atoms with E-state index in [9.17, 15) is 4.79 Å². The monoisotopic (exact) mass is 373 g/mol. The van der Waals surface area contributed by atoms with Crippen molar-refractivity contribution < 1.29 is 9.53 Å². The third-order valence-electron chi connectivity index (χ3n) is 5.12. The molecule has 2 aliphatic carbocycles. The maximum absolute atomic E-state index is 10.5. The summed E-state index contributed by atoms with van der Waals surface area (Å²) >= 11 is 4.28. The number of esters is 1. The summed E-state index contributed by atoms with van der Waals surface area (Å²) in [5.41, 5.74) is 3.17. The average molecular weight is 373 g/mol. The quantitative estimate of drug-likeness (QED) is 0.438. The molecule has 1 aliphatic heterocycles. The summed E-state index contributed by atoms with van der Waals surface area (Å²) in [6.45, 7) is 0. The summed E-state index contributed by atoms with van der Waals surface area (Å²) in [5, 5.41) is 7.84. The predicted octanol–water partition coefficient (Wildman–Crippen LogP) is 2.96. The van der Waals surface area contributed by atoms with Gasteiger partial charge in [-0.3, -0.25) is 0 Å². The Kier molecular flexibility index (Phi) is 5.10. The molecule has 5 rings (SSSR count). The van der Waals surface area contributed by atoms with Crippen LogP contribution in [0, 0.1) is 10.4 Å². The summed E-state index contributed by atoms with van der Waals surface area (Å²) < 4.78 is 4.42. The Morgan fingerprint density at radius 2 is 1.93 bits per heavy atom. The van der Waals surface area contributed by atoms with Gasteiger partial charge in [0.05, 0.1) is 11.4 Å². The van der Waals surface area contributed by atoms with E-state index < -0.39 is 12.0 Å². The van der Waals surface area contributed by atoms with Crippen molar-refractivity contribution in [3.8, 4) is 0 Å². The highest BCUT2D eigenvalue weighted by Gasteiger charge is 2.19. The number of cyclic esters (lactones) is 1. The molecule has 0 N–H and O–H groups in total. The van der Waals surface area contributed by atoms with Crippen LogP contribution in [0.15, 0.2) is 53.7 Å². The Bertz CT molecular complexity index is 1190. The molecular formula is C23H19NO2S. The standard InChI is InChI=1S/C18H16.C5H3NO2S/c1-3-7-15-13(5-1)9-11-18-16-8-4-2-6-14(16)10-12-17(15)18;7-5-4(6-3-9)1-2-8-5/h1,3,5-7,9-10,12H,2,4,8,11H2;1-2,4H. The maximum Gasteiger partial charge on any atom is 0.340 e. The van der Waals surface area contributed by atoms with Crippen molar-refractivity contribution in [2.24, 2.45) is 4.99 Å². The molecule has 0 aromatic heterocycles. The van der Waals surface area contributed by atoms with Gasteiger partial charge in [0.15, 0.2) is 6.04 Å². The number of thiocarbonyl (C=S) groups is 1. The Balaban J connectivity index is 0.000000170. The Morgan fingerprint density at radius 3 is 2.74 bits per heavy atom. The molecule has 27 heavy (non-hydrogen) atoms. The first-order chi connectivity index (χ1) is 13.3. The minimum absolute atomic E-state index is 0.396. The number of carbonyl (C=O) groups is 1. The van der Waals surface area contributed by atoms with Gasteiger partial charge in [0.25, 0.3) is 0 Å². The molecule has 2 aromatic carbocycles. The van der Waals surface area contributed by atoms with Gasteiger partial charge in [0.1, 0.15) is 0 Å². The molecule has 3 nitrogen and oxygen atoms in total. The molecule has 0 saturated carbocycles. The molecule has 1 atom stereocenters. The third-order valence-corrected chi connectivity index (χ3v) is 5.22. The van der Waals surface area contributed by atoms with E-state index in [-0.39, 0.29) is 0 Å². The van der Waals surface area contributed by atoms with Crippen molar-refractivity contribution in [2.45, 2.75) is 31.7 Å². The number of nitrogens with zero attached hydrogens (tertiary/aromatic N) is 1. The predicted molar refractivity (Wildman–Crippen MR) is 109 cm³/mol. The molecule has 0 bridgehead atoms. The molecule has 4 heteroatoms. The van der Waals surface area contributed by atoms with Gasteiger partial charge in [-0.05, 0) is 76.0 Å². The van der Waals surface area contributed by atoms with Crippen molar-refractivity contribution in [2.75, 3.05) is 0 Å². The summed E-state index contributed by atoms with van der Waals surface area (Å²) in [6, 6.07) is 12.8. The molecule has 0 radical (unpaired) electrons.